The Morgan fingerprint density at radius 1 is 1.03 bits per heavy atom. The van der Waals surface area contributed by atoms with Gasteiger partial charge in [-0.05, 0) is 31.2 Å². The second-order valence-electron chi connectivity index (χ2n) is 6.45. The van der Waals surface area contributed by atoms with Gasteiger partial charge in [-0.1, -0.05) is 48.0 Å². The molecule has 1 atom stereocenters. The molecule has 0 spiro atoms. The average Bonchev–Trinajstić information content (AvgIpc) is 3.39. The van der Waals surface area contributed by atoms with Crippen LogP contribution in [0.2, 0.25) is 0 Å². The highest BCUT2D eigenvalue weighted by atomic mass is 16.6. The summed E-state index contributed by atoms with van der Waals surface area (Å²) in [5, 5.41) is 20.0. The van der Waals surface area contributed by atoms with E-state index in [1.54, 1.807) is 6.92 Å². The Hall–Kier alpha value is -3.88. The van der Waals surface area contributed by atoms with Crippen molar-refractivity contribution < 1.29 is 13.9 Å². The van der Waals surface area contributed by atoms with Gasteiger partial charge < -0.3 is 9.15 Å². The van der Waals surface area contributed by atoms with Gasteiger partial charge in [-0.15, -0.1) is 20.4 Å². The number of carbonyl (C=O) groups is 1. The van der Waals surface area contributed by atoms with Crippen LogP contribution in [0.5, 0.6) is 0 Å². The Morgan fingerprint density at radius 2 is 1.79 bits per heavy atom. The maximum atomic E-state index is 12.2. The number of nitrogens with zero attached hydrogens (tertiary/aromatic N) is 6. The van der Waals surface area contributed by atoms with Crippen LogP contribution in [0, 0.1) is 6.92 Å². The van der Waals surface area contributed by atoms with E-state index >= 15 is 0 Å². The van der Waals surface area contributed by atoms with Crippen molar-refractivity contribution in [2.45, 2.75) is 26.5 Å². The molecular weight excluding hydrogens is 372 g/mol. The maximum absolute atomic E-state index is 12.2. The summed E-state index contributed by atoms with van der Waals surface area (Å²) >= 11 is 0. The van der Waals surface area contributed by atoms with Crippen LogP contribution in [-0.4, -0.2) is 36.4 Å². The molecular formula is C20H18N6O3. The summed E-state index contributed by atoms with van der Waals surface area (Å²) in [5.41, 5.74) is 2.75. The fraction of sp³-hybridized carbons (Fsp3) is 0.200. The smallest absolute Gasteiger partial charge is 0.330 e. The Bertz CT molecular complexity index is 1100. The third-order valence-electron chi connectivity index (χ3n) is 4.15. The Kier molecular flexibility index (Phi) is 5.10. The van der Waals surface area contributed by atoms with Gasteiger partial charge in [0.05, 0.1) is 0 Å². The van der Waals surface area contributed by atoms with Crippen molar-refractivity contribution in [3.05, 3.63) is 66.1 Å². The third kappa shape index (κ3) is 4.34. The Morgan fingerprint density at radius 3 is 2.55 bits per heavy atom. The number of hydrogen-bond donors (Lipinski definition) is 0. The van der Waals surface area contributed by atoms with Crippen molar-refractivity contribution in [2.75, 3.05) is 0 Å². The first-order valence-electron chi connectivity index (χ1n) is 9.01. The van der Waals surface area contributed by atoms with Gasteiger partial charge in [0.2, 0.25) is 11.7 Å². The molecule has 0 bridgehead atoms. The molecule has 0 amide bonds. The van der Waals surface area contributed by atoms with E-state index < -0.39 is 12.1 Å². The molecule has 0 aliphatic carbocycles. The average molecular weight is 390 g/mol. The summed E-state index contributed by atoms with van der Waals surface area (Å²) in [7, 11) is 0. The molecule has 1 unspecified atom stereocenters. The quantitative estimate of drug-likeness (QED) is 0.462. The van der Waals surface area contributed by atoms with Gasteiger partial charge in [0.25, 0.3) is 5.89 Å². The lowest BCUT2D eigenvalue weighted by Crippen LogP contribution is -2.17. The van der Waals surface area contributed by atoms with E-state index in [1.807, 2.05) is 61.5 Å². The lowest BCUT2D eigenvalue weighted by atomic mass is 10.1. The molecule has 0 aliphatic rings. The van der Waals surface area contributed by atoms with Gasteiger partial charge in [-0.3, -0.25) is 0 Å². The number of carbonyl (C=O) groups excluding carboxylic acids is 1. The van der Waals surface area contributed by atoms with Crippen LogP contribution >= 0.6 is 0 Å². The van der Waals surface area contributed by atoms with Crippen LogP contribution in [0.1, 0.15) is 24.5 Å². The maximum Gasteiger partial charge on any atom is 0.330 e. The molecule has 0 fully saturated rings. The van der Waals surface area contributed by atoms with Crippen molar-refractivity contribution in [3.8, 4) is 22.8 Å². The number of aromatic nitrogens is 6. The number of ether oxygens (including phenoxy) is 1. The minimum atomic E-state index is -0.701. The van der Waals surface area contributed by atoms with Crippen LogP contribution < -0.4 is 0 Å². The molecule has 0 N–H and O–H groups in total. The van der Waals surface area contributed by atoms with E-state index in [2.05, 4.69) is 25.6 Å². The lowest BCUT2D eigenvalue weighted by Gasteiger charge is -2.08. The molecule has 0 radical (unpaired) electrons. The lowest BCUT2D eigenvalue weighted by molar-refractivity contribution is -0.150. The van der Waals surface area contributed by atoms with E-state index in [4.69, 9.17) is 9.15 Å². The molecule has 2 aromatic carbocycles. The highest BCUT2D eigenvalue weighted by molar-refractivity contribution is 5.69. The summed E-state index contributed by atoms with van der Waals surface area (Å²) in [6, 6.07) is 17.1. The number of benzene rings is 2. The summed E-state index contributed by atoms with van der Waals surface area (Å²) in [4.78, 5) is 13.4. The highest BCUT2D eigenvalue weighted by Gasteiger charge is 2.20. The van der Waals surface area contributed by atoms with E-state index in [-0.39, 0.29) is 12.4 Å². The molecule has 146 valence electrons. The van der Waals surface area contributed by atoms with E-state index in [9.17, 15) is 4.79 Å². The predicted octanol–water partition coefficient (Wildman–Crippen LogP) is 3.00. The summed E-state index contributed by atoms with van der Waals surface area (Å²) < 4.78 is 11.0. The normalized spacial score (nSPS) is 11.9. The Balaban J connectivity index is 1.37. The first-order chi connectivity index (χ1) is 14.1. The fourth-order valence-electron chi connectivity index (χ4n) is 2.62. The molecule has 0 saturated heterocycles. The SMILES string of the molecule is Cc1ccc(-c2nnn(CC(=O)OC(C)c3nnc(-c4ccccc4)o3)n2)cc1. The van der Waals surface area contributed by atoms with Crippen LogP contribution in [0.25, 0.3) is 22.8 Å². The molecule has 29 heavy (non-hydrogen) atoms. The number of tetrazole rings is 1. The molecule has 0 aliphatic heterocycles. The van der Waals surface area contributed by atoms with E-state index in [0.29, 0.717) is 11.7 Å². The van der Waals surface area contributed by atoms with Gasteiger partial charge in [-0.2, -0.15) is 4.80 Å². The number of esters is 1. The van der Waals surface area contributed by atoms with Crippen LogP contribution in [0.15, 0.2) is 59.0 Å². The van der Waals surface area contributed by atoms with Gasteiger partial charge >= 0.3 is 5.97 Å². The zero-order chi connectivity index (χ0) is 20.2. The van der Waals surface area contributed by atoms with Crippen molar-refractivity contribution in [1.29, 1.82) is 0 Å². The van der Waals surface area contributed by atoms with E-state index in [1.165, 1.54) is 4.80 Å². The summed E-state index contributed by atoms with van der Waals surface area (Å²) in [6.07, 6.45) is -0.701. The van der Waals surface area contributed by atoms with Gasteiger partial charge in [0, 0.05) is 11.1 Å². The number of aryl methyl sites for hydroxylation is 1. The number of hydrogen-bond acceptors (Lipinski definition) is 8. The predicted molar refractivity (Wildman–Crippen MR) is 102 cm³/mol. The summed E-state index contributed by atoms with van der Waals surface area (Å²) in [6.45, 7) is 3.48. The zero-order valence-corrected chi connectivity index (χ0v) is 15.9. The van der Waals surface area contributed by atoms with Crippen molar-refractivity contribution in [2.24, 2.45) is 0 Å². The standard InChI is InChI=1S/C20H18N6O3/c1-13-8-10-15(11-9-13)18-21-25-26(24-18)12-17(27)28-14(2)19-22-23-20(29-19)16-6-4-3-5-7-16/h3-11,14H,12H2,1-2H3. The molecule has 9 nitrogen and oxygen atoms in total. The van der Waals surface area contributed by atoms with Crippen molar-refractivity contribution in [1.82, 2.24) is 30.4 Å². The van der Waals surface area contributed by atoms with Crippen LogP contribution in [0.4, 0.5) is 0 Å². The second kappa shape index (κ2) is 8.01. The first kappa shape index (κ1) is 18.5. The molecule has 9 heteroatoms. The zero-order valence-electron chi connectivity index (χ0n) is 15.9. The van der Waals surface area contributed by atoms with Gasteiger partial charge in [-0.25, -0.2) is 4.79 Å². The molecule has 4 rings (SSSR count). The van der Waals surface area contributed by atoms with Gasteiger partial charge in [0.15, 0.2) is 12.6 Å². The first-order valence-corrected chi connectivity index (χ1v) is 9.01. The summed E-state index contributed by atoms with van der Waals surface area (Å²) in [5.74, 6) is 0.480. The Labute approximate surface area is 166 Å². The fourth-order valence-corrected chi connectivity index (χ4v) is 2.62. The topological polar surface area (TPSA) is 109 Å². The molecule has 0 saturated carbocycles. The highest BCUT2D eigenvalue weighted by Crippen LogP contribution is 2.22. The number of rotatable bonds is 6. The van der Waals surface area contributed by atoms with Crippen molar-refractivity contribution >= 4 is 5.97 Å². The minimum absolute atomic E-state index is 0.178. The van der Waals surface area contributed by atoms with Crippen molar-refractivity contribution in [3.63, 3.8) is 0 Å². The largest absolute Gasteiger partial charge is 0.451 e. The van der Waals surface area contributed by atoms with E-state index in [0.717, 1.165) is 16.7 Å². The molecule has 2 aromatic heterocycles. The minimum Gasteiger partial charge on any atom is -0.451 e. The molecule has 4 aromatic rings. The van der Waals surface area contributed by atoms with Crippen LogP contribution in [0.3, 0.4) is 0 Å². The van der Waals surface area contributed by atoms with Gasteiger partial charge in [0.1, 0.15) is 0 Å². The monoisotopic (exact) mass is 390 g/mol. The third-order valence-corrected chi connectivity index (χ3v) is 4.15. The van der Waals surface area contributed by atoms with Crippen LogP contribution in [-0.2, 0) is 16.1 Å². The second-order valence-corrected chi connectivity index (χ2v) is 6.45. The molecule has 2 heterocycles.